The van der Waals surface area contributed by atoms with Gasteiger partial charge in [0.05, 0.1) is 12.5 Å². The number of carboxylic acids is 1. The summed E-state index contributed by atoms with van der Waals surface area (Å²) < 4.78 is 1.71. The lowest BCUT2D eigenvalue weighted by atomic mass is 10.1. The molecule has 1 aliphatic heterocycles. The largest absolute Gasteiger partial charge is 0.481 e. The molecule has 1 aliphatic carbocycles. The Hall–Kier alpha value is -3.23. The van der Waals surface area contributed by atoms with Crippen molar-refractivity contribution in [2.45, 2.75) is 44.8 Å². The zero-order chi connectivity index (χ0) is 21.4. The first-order chi connectivity index (χ1) is 14.4. The minimum atomic E-state index is -0.868. The van der Waals surface area contributed by atoms with Gasteiger partial charge in [0, 0.05) is 19.5 Å². The van der Waals surface area contributed by atoms with Crippen LogP contribution in [0.1, 0.15) is 41.8 Å². The number of aliphatic carboxylic acids is 1. The number of rotatable bonds is 6. The first-order valence-corrected chi connectivity index (χ1v) is 10.2. The molecule has 2 N–H and O–H groups in total. The molecule has 0 radical (unpaired) electrons. The molecule has 4 atom stereocenters. The fraction of sp³-hybridized carbons (Fsp3) is 0.476. The average Bonchev–Trinajstić information content (AvgIpc) is 3.35. The van der Waals surface area contributed by atoms with Gasteiger partial charge in [0.15, 0.2) is 0 Å². The van der Waals surface area contributed by atoms with Crippen LogP contribution in [0.2, 0.25) is 0 Å². The highest BCUT2D eigenvalue weighted by Crippen LogP contribution is 2.48. The first kappa shape index (κ1) is 20.1. The number of fused-ring (bicyclic) bond motifs is 1. The molecule has 0 unspecified atom stereocenters. The number of likely N-dealkylation sites (N-methyl/N-ethyl adjacent to an activating group) is 1. The van der Waals surface area contributed by atoms with Crippen molar-refractivity contribution in [3.8, 4) is 0 Å². The van der Waals surface area contributed by atoms with Crippen LogP contribution in [-0.2, 0) is 22.6 Å². The zero-order valence-corrected chi connectivity index (χ0v) is 17.0. The van der Waals surface area contributed by atoms with Gasteiger partial charge in [-0.1, -0.05) is 37.3 Å². The predicted octanol–water partition coefficient (Wildman–Crippen LogP) is 0.939. The molecule has 2 amide bonds. The third-order valence-corrected chi connectivity index (χ3v) is 6.04. The molecule has 2 aromatic rings. The van der Waals surface area contributed by atoms with Crippen molar-refractivity contribution in [3.63, 3.8) is 0 Å². The number of likely N-dealkylation sites (tertiary alicyclic amines) is 1. The third kappa shape index (κ3) is 3.67. The maximum absolute atomic E-state index is 12.8. The minimum absolute atomic E-state index is 0.0380. The smallest absolute Gasteiger partial charge is 0.308 e. The van der Waals surface area contributed by atoms with Crippen LogP contribution < -0.4 is 5.32 Å². The number of benzene rings is 1. The van der Waals surface area contributed by atoms with E-state index < -0.39 is 23.8 Å². The summed E-state index contributed by atoms with van der Waals surface area (Å²) >= 11 is 0. The Morgan fingerprint density at radius 1 is 1.23 bits per heavy atom. The molecule has 4 rings (SSSR count). The number of hydrogen-bond acceptors (Lipinski definition) is 5. The van der Waals surface area contributed by atoms with Crippen LogP contribution in [-0.4, -0.2) is 61.7 Å². The highest BCUT2D eigenvalue weighted by molar-refractivity contribution is 5.95. The van der Waals surface area contributed by atoms with E-state index in [0.29, 0.717) is 31.6 Å². The molecule has 1 saturated heterocycles. The Labute approximate surface area is 174 Å². The number of carbonyl (C=O) groups excluding carboxylic acids is 2. The van der Waals surface area contributed by atoms with Crippen LogP contribution in [0.25, 0.3) is 0 Å². The molecule has 1 aromatic carbocycles. The average molecular weight is 411 g/mol. The summed E-state index contributed by atoms with van der Waals surface area (Å²) in [6, 6.07) is 8.81. The third-order valence-electron chi connectivity index (χ3n) is 6.04. The van der Waals surface area contributed by atoms with Crippen LogP contribution in [0.3, 0.4) is 0 Å². The van der Waals surface area contributed by atoms with Gasteiger partial charge in [-0.3, -0.25) is 14.4 Å². The summed E-state index contributed by atoms with van der Waals surface area (Å²) in [6.07, 6.45) is 1.61. The Balaban J connectivity index is 1.45. The van der Waals surface area contributed by atoms with Gasteiger partial charge in [0.1, 0.15) is 11.9 Å². The zero-order valence-electron chi connectivity index (χ0n) is 17.0. The highest BCUT2D eigenvalue weighted by Gasteiger charge is 2.60. The van der Waals surface area contributed by atoms with E-state index in [9.17, 15) is 19.5 Å². The van der Waals surface area contributed by atoms with Crippen LogP contribution >= 0.6 is 0 Å². The van der Waals surface area contributed by atoms with Crippen molar-refractivity contribution in [2.24, 2.45) is 11.8 Å². The second-order valence-corrected chi connectivity index (χ2v) is 7.92. The molecule has 1 aromatic heterocycles. The summed E-state index contributed by atoms with van der Waals surface area (Å²) in [5.74, 6) is -1.44. The van der Waals surface area contributed by atoms with Crippen molar-refractivity contribution in [1.82, 2.24) is 25.0 Å². The van der Waals surface area contributed by atoms with Crippen molar-refractivity contribution in [3.05, 3.63) is 47.5 Å². The second-order valence-electron chi connectivity index (χ2n) is 7.92. The van der Waals surface area contributed by atoms with E-state index in [-0.39, 0.29) is 23.7 Å². The molecule has 2 fully saturated rings. The normalized spacial score (nSPS) is 25.4. The fourth-order valence-electron chi connectivity index (χ4n) is 4.41. The SMILES string of the molecule is CCc1nc(C(=O)N[C@@H]2CC[C@@H]3[C@@H](C(=O)O)[C@@H]3N(C)C2=O)nn1Cc1ccccc1. The van der Waals surface area contributed by atoms with E-state index in [0.717, 1.165) is 5.56 Å². The molecule has 0 spiro atoms. The highest BCUT2D eigenvalue weighted by atomic mass is 16.4. The van der Waals surface area contributed by atoms with Gasteiger partial charge in [0.25, 0.3) is 5.91 Å². The van der Waals surface area contributed by atoms with E-state index >= 15 is 0 Å². The predicted molar refractivity (Wildman–Crippen MR) is 107 cm³/mol. The van der Waals surface area contributed by atoms with Crippen LogP contribution in [0.5, 0.6) is 0 Å². The lowest BCUT2D eigenvalue weighted by Gasteiger charge is -2.22. The molecular formula is C21H25N5O4. The number of amides is 2. The number of hydrogen-bond donors (Lipinski definition) is 2. The number of carbonyl (C=O) groups is 3. The van der Waals surface area contributed by atoms with E-state index in [1.54, 1.807) is 11.7 Å². The standard InChI is InChI=1S/C21H25N5O4/c1-3-15-23-18(24-26(15)11-12-7-5-4-6-8-12)19(27)22-14-10-9-13-16(21(29)30)17(13)25(2)20(14)28/h4-8,13-14,16-17H,3,9-11H2,1-2H3,(H,22,27)(H,29,30)/t13-,14-,16-,17-/m1/s1. The van der Waals surface area contributed by atoms with Gasteiger partial charge in [-0.05, 0) is 24.3 Å². The summed E-state index contributed by atoms with van der Waals surface area (Å²) in [5.41, 5.74) is 1.05. The molecule has 30 heavy (non-hydrogen) atoms. The van der Waals surface area contributed by atoms with E-state index in [2.05, 4.69) is 15.4 Å². The van der Waals surface area contributed by atoms with Gasteiger partial charge in [-0.15, -0.1) is 5.10 Å². The van der Waals surface area contributed by atoms with Crippen molar-refractivity contribution >= 4 is 17.8 Å². The van der Waals surface area contributed by atoms with Crippen LogP contribution in [0, 0.1) is 11.8 Å². The van der Waals surface area contributed by atoms with E-state index in [1.807, 2.05) is 37.3 Å². The fourth-order valence-corrected chi connectivity index (χ4v) is 4.41. The molecular weight excluding hydrogens is 386 g/mol. The molecule has 2 aliphatic rings. The monoisotopic (exact) mass is 411 g/mol. The Morgan fingerprint density at radius 3 is 2.63 bits per heavy atom. The van der Waals surface area contributed by atoms with Crippen LogP contribution in [0.15, 0.2) is 30.3 Å². The Kier molecular flexibility index (Phi) is 5.27. The molecule has 9 nitrogen and oxygen atoms in total. The van der Waals surface area contributed by atoms with Gasteiger partial charge in [-0.25, -0.2) is 9.67 Å². The maximum atomic E-state index is 12.8. The molecule has 1 saturated carbocycles. The van der Waals surface area contributed by atoms with E-state index in [1.165, 1.54) is 4.90 Å². The molecule has 0 bridgehead atoms. The summed E-state index contributed by atoms with van der Waals surface area (Å²) in [7, 11) is 1.61. The lowest BCUT2D eigenvalue weighted by molar-refractivity contribution is -0.140. The number of aromatic nitrogens is 3. The summed E-state index contributed by atoms with van der Waals surface area (Å²) in [5, 5.41) is 16.4. The number of nitrogens with one attached hydrogen (secondary N) is 1. The summed E-state index contributed by atoms with van der Waals surface area (Å²) in [6.45, 7) is 2.46. The second kappa shape index (κ2) is 7.89. The van der Waals surface area contributed by atoms with Gasteiger partial charge >= 0.3 is 5.97 Å². The topological polar surface area (TPSA) is 117 Å². The first-order valence-electron chi connectivity index (χ1n) is 10.2. The van der Waals surface area contributed by atoms with Crippen molar-refractivity contribution in [2.75, 3.05) is 7.05 Å². The number of carboxylic acid groups (broad SMARTS) is 1. The minimum Gasteiger partial charge on any atom is -0.481 e. The Morgan fingerprint density at radius 2 is 1.97 bits per heavy atom. The Bertz CT molecular complexity index is 973. The molecule has 2 heterocycles. The van der Waals surface area contributed by atoms with Gasteiger partial charge < -0.3 is 15.3 Å². The summed E-state index contributed by atoms with van der Waals surface area (Å²) in [4.78, 5) is 42.7. The van der Waals surface area contributed by atoms with E-state index in [4.69, 9.17) is 0 Å². The number of nitrogens with zero attached hydrogens (tertiary/aromatic N) is 4. The van der Waals surface area contributed by atoms with Gasteiger partial charge in [0.2, 0.25) is 11.7 Å². The lowest BCUT2D eigenvalue weighted by Crippen LogP contribution is -2.47. The number of aryl methyl sites for hydroxylation is 1. The molecule has 158 valence electrons. The van der Waals surface area contributed by atoms with Crippen LogP contribution in [0.4, 0.5) is 0 Å². The van der Waals surface area contributed by atoms with Crippen molar-refractivity contribution in [1.29, 1.82) is 0 Å². The quantitative estimate of drug-likeness (QED) is 0.731. The van der Waals surface area contributed by atoms with Gasteiger partial charge in [-0.2, -0.15) is 0 Å². The van der Waals surface area contributed by atoms with Crippen molar-refractivity contribution < 1.29 is 19.5 Å². The maximum Gasteiger partial charge on any atom is 0.308 e. The molecule has 9 heteroatoms.